The highest BCUT2D eigenvalue weighted by atomic mass is 32.2. The van der Waals surface area contributed by atoms with Gasteiger partial charge in [-0.15, -0.1) is 0 Å². The lowest BCUT2D eigenvalue weighted by Crippen LogP contribution is -2.38. The fourth-order valence-corrected chi connectivity index (χ4v) is 4.53. The molecular weight excluding hydrogens is 366 g/mol. The van der Waals surface area contributed by atoms with E-state index >= 15 is 0 Å². The van der Waals surface area contributed by atoms with Crippen LogP contribution in [0.15, 0.2) is 42.7 Å². The zero-order valence-electron chi connectivity index (χ0n) is 15.2. The number of rotatable bonds is 7. The van der Waals surface area contributed by atoms with Crippen LogP contribution in [0.4, 0.5) is 0 Å². The number of fused-ring (bicyclic) bond motifs is 1. The van der Waals surface area contributed by atoms with E-state index in [4.69, 9.17) is 4.74 Å². The summed E-state index contributed by atoms with van der Waals surface area (Å²) < 4.78 is 32.0. The molecule has 0 spiro atoms. The molecule has 1 aromatic heterocycles. The molecule has 3 rings (SSSR count). The van der Waals surface area contributed by atoms with Crippen molar-refractivity contribution < 1.29 is 17.9 Å². The second kappa shape index (κ2) is 8.49. The Morgan fingerprint density at radius 1 is 1.30 bits per heavy atom. The highest BCUT2D eigenvalue weighted by Crippen LogP contribution is 2.25. The third-order valence-electron chi connectivity index (χ3n) is 4.57. The van der Waals surface area contributed by atoms with Crippen molar-refractivity contribution in [2.24, 2.45) is 0 Å². The molecule has 1 amide bonds. The number of sulfonamides is 1. The van der Waals surface area contributed by atoms with Gasteiger partial charge in [0.05, 0.1) is 18.4 Å². The third-order valence-corrected chi connectivity index (χ3v) is 6.48. The number of methoxy groups -OCH3 is 1. The number of amides is 1. The van der Waals surface area contributed by atoms with E-state index in [1.807, 2.05) is 18.2 Å². The van der Waals surface area contributed by atoms with Gasteiger partial charge in [0.25, 0.3) is 5.91 Å². The smallest absolute Gasteiger partial charge is 0.252 e. The van der Waals surface area contributed by atoms with Gasteiger partial charge in [0.2, 0.25) is 10.0 Å². The Morgan fingerprint density at radius 3 is 2.89 bits per heavy atom. The van der Waals surface area contributed by atoms with Crippen molar-refractivity contribution in [1.82, 2.24) is 14.6 Å². The maximum atomic E-state index is 12.6. The largest absolute Gasteiger partial charge is 0.497 e. The zero-order valence-corrected chi connectivity index (χ0v) is 16.0. The third kappa shape index (κ3) is 4.84. The summed E-state index contributed by atoms with van der Waals surface area (Å²) in [5.41, 5.74) is 2.60. The number of carbonyl (C=O) groups excluding carboxylic acids is 1. The molecule has 2 aromatic rings. The molecule has 0 atom stereocenters. The molecule has 1 N–H and O–H groups in total. The molecule has 0 bridgehead atoms. The minimum absolute atomic E-state index is 0.00576. The molecule has 1 aliphatic heterocycles. The number of hydrogen-bond donors (Lipinski definition) is 1. The number of hydrogen-bond acceptors (Lipinski definition) is 5. The average molecular weight is 389 g/mol. The summed E-state index contributed by atoms with van der Waals surface area (Å²) in [4.78, 5) is 15.8. The number of pyridine rings is 1. The average Bonchev–Trinajstić information content (AvgIpc) is 2.70. The summed E-state index contributed by atoms with van der Waals surface area (Å²) in [6, 6.07) is 9.09. The number of ether oxygens (including phenoxy) is 1. The zero-order chi connectivity index (χ0) is 19.3. The maximum Gasteiger partial charge on any atom is 0.252 e. The molecule has 144 valence electrons. The van der Waals surface area contributed by atoms with Gasteiger partial charge in [-0.2, -0.15) is 4.31 Å². The Balaban J connectivity index is 1.51. The minimum atomic E-state index is -3.37. The van der Waals surface area contributed by atoms with Crippen LogP contribution in [-0.2, 0) is 23.0 Å². The van der Waals surface area contributed by atoms with Crippen molar-refractivity contribution in [2.75, 3.05) is 26.0 Å². The molecule has 7 nitrogen and oxygen atoms in total. The van der Waals surface area contributed by atoms with Gasteiger partial charge in [-0.05, 0) is 48.2 Å². The van der Waals surface area contributed by atoms with E-state index in [0.29, 0.717) is 38.0 Å². The molecular formula is C19H23N3O4S. The quantitative estimate of drug-likeness (QED) is 0.727. The van der Waals surface area contributed by atoms with Crippen molar-refractivity contribution in [3.63, 3.8) is 0 Å². The van der Waals surface area contributed by atoms with E-state index < -0.39 is 10.0 Å². The summed E-state index contributed by atoms with van der Waals surface area (Å²) in [5, 5.41) is 2.73. The highest BCUT2D eigenvalue weighted by Gasteiger charge is 2.26. The molecule has 2 heterocycles. The first-order valence-electron chi connectivity index (χ1n) is 8.81. The van der Waals surface area contributed by atoms with Crippen LogP contribution in [0.5, 0.6) is 5.75 Å². The van der Waals surface area contributed by atoms with E-state index in [-0.39, 0.29) is 11.7 Å². The first kappa shape index (κ1) is 19.3. The van der Waals surface area contributed by atoms with Gasteiger partial charge in [0.15, 0.2) is 0 Å². The molecule has 1 aromatic carbocycles. The van der Waals surface area contributed by atoms with Crippen LogP contribution in [0.25, 0.3) is 0 Å². The van der Waals surface area contributed by atoms with E-state index in [0.717, 1.165) is 16.9 Å². The normalized spacial score (nSPS) is 14.4. The molecule has 1 aliphatic rings. The van der Waals surface area contributed by atoms with Crippen molar-refractivity contribution in [2.45, 2.75) is 19.4 Å². The molecule has 27 heavy (non-hydrogen) atoms. The summed E-state index contributed by atoms with van der Waals surface area (Å²) in [5.74, 6) is 0.544. The molecule has 0 unspecified atom stereocenters. The fraction of sp³-hybridized carbons (Fsp3) is 0.368. The van der Waals surface area contributed by atoms with Crippen LogP contribution >= 0.6 is 0 Å². The lowest BCUT2D eigenvalue weighted by molar-refractivity contribution is 0.0953. The lowest BCUT2D eigenvalue weighted by Gasteiger charge is -2.28. The minimum Gasteiger partial charge on any atom is -0.497 e. The summed E-state index contributed by atoms with van der Waals surface area (Å²) in [7, 11) is -1.75. The van der Waals surface area contributed by atoms with Gasteiger partial charge < -0.3 is 10.1 Å². The number of nitrogens with one attached hydrogen (secondary N) is 1. The van der Waals surface area contributed by atoms with Gasteiger partial charge in [0, 0.05) is 32.0 Å². The van der Waals surface area contributed by atoms with E-state index in [1.54, 1.807) is 25.4 Å². The second-order valence-electron chi connectivity index (χ2n) is 6.39. The Labute approximate surface area is 159 Å². The lowest BCUT2D eigenvalue weighted by atomic mass is 10.0. The number of nitrogens with zero attached hydrogens (tertiary/aromatic N) is 2. The summed E-state index contributed by atoms with van der Waals surface area (Å²) in [6.45, 7) is 1.14. The van der Waals surface area contributed by atoms with E-state index in [9.17, 15) is 13.2 Å². The van der Waals surface area contributed by atoms with Crippen LogP contribution in [0.3, 0.4) is 0 Å². The van der Waals surface area contributed by atoms with Gasteiger partial charge in [0.1, 0.15) is 5.75 Å². The van der Waals surface area contributed by atoms with Crippen molar-refractivity contribution in [3.8, 4) is 5.75 Å². The summed E-state index contributed by atoms with van der Waals surface area (Å²) >= 11 is 0. The van der Waals surface area contributed by atoms with Crippen LogP contribution in [0, 0.1) is 0 Å². The first-order chi connectivity index (χ1) is 13.0. The van der Waals surface area contributed by atoms with Crippen LogP contribution in [0.1, 0.15) is 27.9 Å². The van der Waals surface area contributed by atoms with Gasteiger partial charge in [-0.25, -0.2) is 8.42 Å². The van der Waals surface area contributed by atoms with E-state index in [2.05, 4.69) is 10.3 Å². The van der Waals surface area contributed by atoms with Crippen molar-refractivity contribution in [1.29, 1.82) is 0 Å². The molecule has 8 heteroatoms. The van der Waals surface area contributed by atoms with Crippen molar-refractivity contribution in [3.05, 3.63) is 59.4 Å². The summed E-state index contributed by atoms with van der Waals surface area (Å²) in [6.07, 6.45) is 4.10. The van der Waals surface area contributed by atoms with Crippen LogP contribution in [0.2, 0.25) is 0 Å². The van der Waals surface area contributed by atoms with Crippen LogP contribution < -0.4 is 10.1 Å². The standard InChI is InChI=1S/C19H23N3O4S/c1-26-18-6-5-17-14-22(10-7-15(17)12-18)27(24,25)11-3-9-21-19(23)16-4-2-8-20-13-16/h2,4-6,8,12-13H,3,7,9-11,14H2,1H3,(H,21,23). The predicted octanol–water partition coefficient (Wildman–Crippen LogP) is 1.60. The Kier molecular flexibility index (Phi) is 6.08. The fourth-order valence-electron chi connectivity index (χ4n) is 3.05. The van der Waals surface area contributed by atoms with Gasteiger partial charge >= 0.3 is 0 Å². The maximum absolute atomic E-state index is 12.6. The van der Waals surface area contributed by atoms with Gasteiger partial charge in [-0.3, -0.25) is 9.78 Å². The molecule has 0 radical (unpaired) electrons. The van der Waals surface area contributed by atoms with Gasteiger partial charge in [-0.1, -0.05) is 6.07 Å². The second-order valence-corrected chi connectivity index (χ2v) is 8.47. The molecule has 0 fully saturated rings. The first-order valence-corrected chi connectivity index (χ1v) is 10.4. The number of benzene rings is 1. The Morgan fingerprint density at radius 2 is 2.15 bits per heavy atom. The van der Waals surface area contributed by atoms with E-state index in [1.165, 1.54) is 10.5 Å². The molecule has 0 aliphatic carbocycles. The predicted molar refractivity (Wildman–Crippen MR) is 102 cm³/mol. The highest BCUT2D eigenvalue weighted by molar-refractivity contribution is 7.89. The Hall–Kier alpha value is -2.45. The topological polar surface area (TPSA) is 88.6 Å². The SMILES string of the molecule is COc1ccc2c(c1)CCN(S(=O)(=O)CCCNC(=O)c1cccnc1)C2. The molecule has 0 saturated carbocycles. The van der Waals surface area contributed by atoms with Crippen LogP contribution in [-0.4, -0.2) is 49.6 Å². The number of carbonyl (C=O) groups is 1. The van der Waals surface area contributed by atoms with Crippen molar-refractivity contribution >= 4 is 15.9 Å². The monoisotopic (exact) mass is 389 g/mol. The Bertz CT molecular complexity index is 900. The number of aromatic nitrogens is 1. The molecule has 0 saturated heterocycles.